The van der Waals surface area contributed by atoms with E-state index >= 15 is 0 Å². The van der Waals surface area contributed by atoms with Crippen molar-refractivity contribution in [1.82, 2.24) is 9.97 Å². The van der Waals surface area contributed by atoms with Gasteiger partial charge in [0.15, 0.2) is 0 Å². The minimum Gasteiger partial charge on any atom is -0.369 e. The average molecular weight is 234 g/mol. The second-order valence-corrected chi connectivity index (χ2v) is 4.22. The van der Waals surface area contributed by atoms with E-state index in [0.29, 0.717) is 10.8 Å². The molecule has 0 amide bonds. The van der Waals surface area contributed by atoms with Crippen molar-refractivity contribution in [1.29, 1.82) is 0 Å². The Bertz CT molecular complexity index is 279. The van der Waals surface area contributed by atoms with Crippen LogP contribution < -0.4 is 5.32 Å². The fourth-order valence-corrected chi connectivity index (χ4v) is 1.36. The van der Waals surface area contributed by atoms with Crippen molar-refractivity contribution in [3.05, 3.63) is 17.5 Å². The normalized spacial score (nSPS) is 12.5. The quantitative estimate of drug-likeness (QED) is 0.628. The molecule has 3 nitrogen and oxygen atoms in total. The van der Waals surface area contributed by atoms with Crippen LogP contribution >= 0.6 is 23.2 Å². The molecular formula is C9H13Cl2N3. The zero-order valence-electron chi connectivity index (χ0n) is 8.00. The molecule has 0 aliphatic rings. The van der Waals surface area contributed by atoms with Gasteiger partial charge in [0.25, 0.3) is 0 Å². The number of anilines is 1. The molecule has 0 saturated carbocycles. The standard InChI is InChI=1S/C9H13Cl2N3/c1-7(10)3-2-4-13-9-8(11)5-12-6-14-9/h5-7H,2-4H2,1H3,(H,12,13,14). The highest BCUT2D eigenvalue weighted by molar-refractivity contribution is 6.32. The van der Waals surface area contributed by atoms with Crippen LogP contribution in [-0.4, -0.2) is 21.9 Å². The second kappa shape index (κ2) is 6.04. The number of nitrogens with zero attached hydrogens (tertiary/aromatic N) is 2. The Kier molecular flexibility index (Phi) is 4.98. The van der Waals surface area contributed by atoms with Gasteiger partial charge in [-0.15, -0.1) is 11.6 Å². The Morgan fingerprint density at radius 1 is 1.57 bits per heavy atom. The highest BCUT2D eigenvalue weighted by Gasteiger charge is 2.00. The molecule has 0 saturated heterocycles. The van der Waals surface area contributed by atoms with Crippen molar-refractivity contribution in [2.75, 3.05) is 11.9 Å². The van der Waals surface area contributed by atoms with E-state index in [4.69, 9.17) is 23.2 Å². The Hall–Kier alpha value is -0.540. The Labute approximate surface area is 93.9 Å². The average Bonchev–Trinajstić information content (AvgIpc) is 2.15. The van der Waals surface area contributed by atoms with Crippen LogP contribution in [0, 0.1) is 0 Å². The van der Waals surface area contributed by atoms with Crippen LogP contribution in [0.15, 0.2) is 12.5 Å². The van der Waals surface area contributed by atoms with Crippen molar-refractivity contribution in [3.8, 4) is 0 Å². The van der Waals surface area contributed by atoms with Gasteiger partial charge in [0, 0.05) is 11.9 Å². The summed E-state index contributed by atoms with van der Waals surface area (Å²) in [5, 5.41) is 3.89. The fourth-order valence-electron chi connectivity index (χ4n) is 1.03. The van der Waals surface area contributed by atoms with Gasteiger partial charge in [0.1, 0.15) is 17.2 Å². The van der Waals surface area contributed by atoms with E-state index in [1.54, 1.807) is 6.20 Å². The van der Waals surface area contributed by atoms with Crippen LogP contribution in [0.4, 0.5) is 5.82 Å². The van der Waals surface area contributed by atoms with Gasteiger partial charge in [-0.2, -0.15) is 0 Å². The van der Waals surface area contributed by atoms with Gasteiger partial charge in [-0.3, -0.25) is 0 Å². The highest BCUT2D eigenvalue weighted by Crippen LogP contribution is 2.16. The van der Waals surface area contributed by atoms with Crippen LogP contribution in [0.25, 0.3) is 0 Å². The molecule has 0 radical (unpaired) electrons. The van der Waals surface area contributed by atoms with Gasteiger partial charge < -0.3 is 5.32 Å². The molecule has 0 aliphatic carbocycles. The lowest BCUT2D eigenvalue weighted by Gasteiger charge is -2.06. The van der Waals surface area contributed by atoms with E-state index < -0.39 is 0 Å². The molecule has 0 aliphatic heterocycles. The predicted molar refractivity (Wildman–Crippen MR) is 60.1 cm³/mol. The van der Waals surface area contributed by atoms with Crippen molar-refractivity contribution < 1.29 is 0 Å². The molecule has 1 aromatic rings. The molecule has 14 heavy (non-hydrogen) atoms. The summed E-state index contributed by atoms with van der Waals surface area (Å²) in [6.07, 6.45) is 5.03. The lowest BCUT2D eigenvalue weighted by atomic mass is 10.2. The third-order valence-electron chi connectivity index (χ3n) is 1.74. The van der Waals surface area contributed by atoms with Gasteiger partial charge >= 0.3 is 0 Å². The molecular weight excluding hydrogens is 221 g/mol. The zero-order valence-corrected chi connectivity index (χ0v) is 9.52. The summed E-state index contributed by atoms with van der Waals surface area (Å²) in [6, 6.07) is 0. The molecule has 0 fully saturated rings. The molecule has 1 rings (SSSR count). The van der Waals surface area contributed by atoms with E-state index in [1.807, 2.05) is 6.92 Å². The van der Waals surface area contributed by atoms with Crippen LogP contribution in [0.2, 0.25) is 5.02 Å². The summed E-state index contributed by atoms with van der Waals surface area (Å²) >= 11 is 11.7. The summed E-state index contributed by atoms with van der Waals surface area (Å²) in [6.45, 7) is 2.81. The SMILES string of the molecule is CC(Cl)CCCNc1ncncc1Cl. The second-order valence-electron chi connectivity index (χ2n) is 3.07. The van der Waals surface area contributed by atoms with E-state index in [1.165, 1.54) is 6.33 Å². The van der Waals surface area contributed by atoms with Gasteiger partial charge in [-0.25, -0.2) is 9.97 Å². The van der Waals surface area contributed by atoms with Gasteiger partial charge in [-0.1, -0.05) is 11.6 Å². The van der Waals surface area contributed by atoms with E-state index in [2.05, 4.69) is 15.3 Å². The number of halogens is 2. The number of nitrogens with one attached hydrogen (secondary N) is 1. The molecule has 1 unspecified atom stereocenters. The van der Waals surface area contributed by atoms with Crippen molar-refractivity contribution >= 4 is 29.0 Å². The number of aromatic nitrogens is 2. The van der Waals surface area contributed by atoms with Crippen molar-refractivity contribution in [2.45, 2.75) is 25.1 Å². The van der Waals surface area contributed by atoms with Gasteiger partial charge in [0.05, 0.1) is 6.20 Å². The minimum absolute atomic E-state index is 0.220. The summed E-state index contributed by atoms with van der Waals surface area (Å²) in [4.78, 5) is 7.81. The maximum atomic E-state index is 5.85. The molecule has 0 aromatic carbocycles. The fraction of sp³-hybridized carbons (Fsp3) is 0.556. The van der Waals surface area contributed by atoms with Crippen LogP contribution in [0.1, 0.15) is 19.8 Å². The first-order valence-corrected chi connectivity index (χ1v) is 5.35. The maximum Gasteiger partial charge on any atom is 0.148 e. The van der Waals surface area contributed by atoms with Crippen molar-refractivity contribution in [3.63, 3.8) is 0 Å². The molecule has 1 heterocycles. The van der Waals surface area contributed by atoms with Crippen LogP contribution in [-0.2, 0) is 0 Å². The Morgan fingerprint density at radius 2 is 2.36 bits per heavy atom. The zero-order chi connectivity index (χ0) is 10.4. The summed E-state index contributed by atoms with van der Waals surface area (Å²) in [5.41, 5.74) is 0. The third kappa shape index (κ3) is 4.11. The Balaban J connectivity index is 2.28. The lowest BCUT2D eigenvalue weighted by molar-refractivity contribution is 0.749. The topological polar surface area (TPSA) is 37.8 Å². The molecule has 0 bridgehead atoms. The van der Waals surface area contributed by atoms with Gasteiger partial charge in [-0.05, 0) is 19.8 Å². The van der Waals surface area contributed by atoms with E-state index in [0.717, 1.165) is 19.4 Å². The van der Waals surface area contributed by atoms with Crippen LogP contribution in [0.3, 0.4) is 0 Å². The third-order valence-corrected chi connectivity index (χ3v) is 2.23. The smallest absolute Gasteiger partial charge is 0.148 e. The molecule has 1 atom stereocenters. The first kappa shape index (κ1) is 11.5. The first-order chi connectivity index (χ1) is 6.70. The van der Waals surface area contributed by atoms with Gasteiger partial charge in [0.2, 0.25) is 0 Å². The van der Waals surface area contributed by atoms with E-state index in [9.17, 15) is 0 Å². The number of hydrogen-bond donors (Lipinski definition) is 1. The van der Waals surface area contributed by atoms with E-state index in [-0.39, 0.29) is 5.38 Å². The van der Waals surface area contributed by atoms with Crippen molar-refractivity contribution in [2.24, 2.45) is 0 Å². The first-order valence-electron chi connectivity index (χ1n) is 4.53. The molecule has 1 N–H and O–H groups in total. The predicted octanol–water partition coefficient (Wildman–Crippen LogP) is 2.95. The monoisotopic (exact) mass is 233 g/mol. The molecule has 5 heteroatoms. The largest absolute Gasteiger partial charge is 0.369 e. The summed E-state index contributed by atoms with van der Waals surface area (Å²) in [7, 11) is 0. The minimum atomic E-state index is 0.220. The van der Waals surface area contributed by atoms with Crippen LogP contribution in [0.5, 0.6) is 0 Å². The summed E-state index contributed by atoms with van der Waals surface area (Å²) < 4.78 is 0. The maximum absolute atomic E-state index is 5.85. The highest BCUT2D eigenvalue weighted by atomic mass is 35.5. The molecule has 1 aromatic heterocycles. The number of hydrogen-bond acceptors (Lipinski definition) is 3. The molecule has 78 valence electrons. The Morgan fingerprint density at radius 3 is 3.00 bits per heavy atom. The summed E-state index contributed by atoms with van der Waals surface area (Å²) in [5.74, 6) is 0.684. The molecule has 0 spiro atoms. The number of alkyl halides is 1. The lowest BCUT2D eigenvalue weighted by Crippen LogP contribution is -2.05. The number of rotatable bonds is 5.